The molecule has 2 aromatic carbocycles. The molecule has 2 atom stereocenters. The fourth-order valence-electron chi connectivity index (χ4n) is 3.06. The molecule has 0 aliphatic heterocycles. The number of para-hydroxylation sites is 1. The molecule has 146 valence electrons. The number of rotatable bonds is 7. The van der Waals surface area contributed by atoms with Gasteiger partial charge in [-0.05, 0) is 56.0 Å². The van der Waals surface area contributed by atoms with Crippen LogP contribution in [0.2, 0.25) is 0 Å². The lowest BCUT2D eigenvalue weighted by Gasteiger charge is -2.31. The predicted octanol–water partition coefficient (Wildman–Crippen LogP) is 3.73. The van der Waals surface area contributed by atoms with Crippen LogP contribution in [0, 0.1) is 13.8 Å². The Hall–Kier alpha value is -2.34. The Bertz CT molecular complexity index is 895. The maximum atomic E-state index is 13.0. The van der Waals surface area contributed by atoms with Gasteiger partial charge in [-0.2, -0.15) is 0 Å². The standard InChI is InChI=1S/C21H28N2O3S/c1-6-20(23(27(5,25)26)19-10-8-7-9-11-19)21(24)22-17(4)18-13-12-15(2)16(3)14-18/h7-14,17,20H,6H2,1-5H3,(H,22,24)/t17-,20-/m0/s1. The second kappa shape index (κ2) is 8.57. The lowest BCUT2D eigenvalue weighted by molar-refractivity contribution is -0.122. The number of hydrogen-bond donors (Lipinski definition) is 1. The van der Waals surface area contributed by atoms with Gasteiger partial charge in [-0.3, -0.25) is 9.10 Å². The fraction of sp³-hybridized carbons (Fsp3) is 0.381. The number of benzene rings is 2. The van der Waals surface area contributed by atoms with Crippen molar-refractivity contribution in [3.63, 3.8) is 0 Å². The molecule has 1 amide bonds. The number of amides is 1. The Morgan fingerprint density at radius 2 is 1.70 bits per heavy atom. The zero-order valence-electron chi connectivity index (χ0n) is 16.6. The van der Waals surface area contributed by atoms with Crippen LogP contribution in [0.3, 0.4) is 0 Å². The zero-order chi connectivity index (χ0) is 20.2. The highest BCUT2D eigenvalue weighted by atomic mass is 32.2. The lowest BCUT2D eigenvalue weighted by atomic mass is 10.0. The quantitative estimate of drug-likeness (QED) is 0.786. The molecule has 0 saturated carbocycles. The van der Waals surface area contributed by atoms with Crippen molar-refractivity contribution in [2.75, 3.05) is 10.6 Å². The van der Waals surface area contributed by atoms with E-state index < -0.39 is 16.1 Å². The number of aryl methyl sites for hydroxylation is 2. The molecule has 0 fully saturated rings. The minimum Gasteiger partial charge on any atom is -0.348 e. The Kier molecular flexibility index (Phi) is 6.65. The summed E-state index contributed by atoms with van der Waals surface area (Å²) in [7, 11) is -3.61. The van der Waals surface area contributed by atoms with Gasteiger partial charge < -0.3 is 5.32 Å². The van der Waals surface area contributed by atoms with E-state index in [1.54, 1.807) is 24.3 Å². The highest BCUT2D eigenvalue weighted by Crippen LogP contribution is 2.23. The number of anilines is 1. The predicted molar refractivity (Wildman–Crippen MR) is 110 cm³/mol. The average Bonchev–Trinajstić information content (AvgIpc) is 2.61. The molecule has 0 radical (unpaired) electrons. The summed E-state index contributed by atoms with van der Waals surface area (Å²) < 4.78 is 26.0. The summed E-state index contributed by atoms with van der Waals surface area (Å²) in [5, 5.41) is 2.97. The van der Waals surface area contributed by atoms with Gasteiger partial charge in [0.15, 0.2) is 0 Å². The topological polar surface area (TPSA) is 66.5 Å². The molecule has 2 aromatic rings. The summed E-state index contributed by atoms with van der Waals surface area (Å²) in [6, 6.07) is 13.8. The first-order valence-electron chi connectivity index (χ1n) is 9.07. The molecule has 0 spiro atoms. The first kappa shape index (κ1) is 21.0. The van der Waals surface area contributed by atoms with E-state index in [2.05, 4.69) is 5.32 Å². The molecule has 0 heterocycles. The summed E-state index contributed by atoms with van der Waals surface area (Å²) in [6.45, 7) is 7.79. The SMILES string of the molecule is CC[C@@H](C(=O)N[C@@H](C)c1ccc(C)c(C)c1)N(c1ccccc1)S(C)(=O)=O. The largest absolute Gasteiger partial charge is 0.348 e. The van der Waals surface area contributed by atoms with E-state index in [9.17, 15) is 13.2 Å². The van der Waals surface area contributed by atoms with Crippen LogP contribution in [0.5, 0.6) is 0 Å². The number of hydrogen-bond acceptors (Lipinski definition) is 3. The summed E-state index contributed by atoms with van der Waals surface area (Å²) in [5.41, 5.74) is 3.83. The third-order valence-electron chi connectivity index (χ3n) is 4.73. The van der Waals surface area contributed by atoms with Gasteiger partial charge in [-0.1, -0.05) is 43.3 Å². The highest BCUT2D eigenvalue weighted by molar-refractivity contribution is 7.92. The molecular formula is C21H28N2O3S. The van der Waals surface area contributed by atoms with Crippen molar-refractivity contribution >= 4 is 21.6 Å². The number of carbonyl (C=O) groups is 1. The molecule has 27 heavy (non-hydrogen) atoms. The first-order valence-corrected chi connectivity index (χ1v) is 10.9. The molecule has 0 unspecified atom stereocenters. The smallest absolute Gasteiger partial charge is 0.244 e. The first-order chi connectivity index (χ1) is 12.6. The minimum atomic E-state index is -3.61. The average molecular weight is 389 g/mol. The van der Waals surface area contributed by atoms with Crippen LogP contribution < -0.4 is 9.62 Å². The summed E-state index contributed by atoms with van der Waals surface area (Å²) >= 11 is 0. The van der Waals surface area contributed by atoms with Crippen LogP contribution >= 0.6 is 0 Å². The number of carbonyl (C=O) groups excluding carboxylic acids is 1. The van der Waals surface area contributed by atoms with Crippen LogP contribution in [0.4, 0.5) is 5.69 Å². The van der Waals surface area contributed by atoms with Gasteiger partial charge in [0.1, 0.15) is 6.04 Å². The molecule has 0 saturated heterocycles. The van der Waals surface area contributed by atoms with Gasteiger partial charge in [0.05, 0.1) is 18.0 Å². The number of sulfonamides is 1. The van der Waals surface area contributed by atoms with Gasteiger partial charge >= 0.3 is 0 Å². The number of nitrogens with one attached hydrogen (secondary N) is 1. The highest BCUT2D eigenvalue weighted by Gasteiger charge is 2.32. The van der Waals surface area contributed by atoms with E-state index in [4.69, 9.17) is 0 Å². The van der Waals surface area contributed by atoms with Crippen molar-refractivity contribution in [3.8, 4) is 0 Å². The van der Waals surface area contributed by atoms with E-state index in [1.165, 1.54) is 9.87 Å². The molecule has 1 N–H and O–H groups in total. The second-order valence-corrected chi connectivity index (χ2v) is 8.75. The van der Waals surface area contributed by atoms with Crippen LogP contribution in [0.25, 0.3) is 0 Å². The summed E-state index contributed by atoms with van der Waals surface area (Å²) in [6.07, 6.45) is 1.50. The lowest BCUT2D eigenvalue weighted by Crippen LogP contribution is -2.49. The van der Waals surface area contributed by atoms with Crippen LogP contribution in [-0.4, -0.2) is 26.6 Å². The third-order valence-corrected chi connectivity index (χ3v) is 5.91. The molecule has 0 aromatic heterocycles. The van der Waals surface area contributed by atoms with Crippen molar-refractivity contribution in [2.45, 2.75) is 46.2 Å². The Labute approximate surface area is 162 Å². The van der Waals surface area contributed by atoms with E-state index in [0.717, 1.165) is 17.4 Å². The van der Waals surface area contributed by atoms with Crippen molar-refractivity contribution in [2.24, 2.45) is 0 Å². The Morgan fingerprint density at radius 3 is 2.22 bits per heavy atom. The van der Waals surface area contributed by atoms with Gasteiger partial charge in [-0.25, -0.2) is 8.42 Å². The van der Waals surface area contributed by atoms with Crippen molar-refractivity contribution in [3.05, 3.63) is 65.2 Å². The normalized spacial score (nSPS) is 13.7. The third kappa shape index (κ3) is 5.10. The maximum absolute atomic E-state index is 13.0. The van der Waals surface area contributed by atoms with Crippen molar-refractivity contribution in [1.29, 1.82) is 0 Å². The summed E-state index contributed by atoms with van der Waals surface area (Å²) in [5.74, 6) is -0.308. The van der Waals surface area contributed by atoms with E-state index in [-0.39, 0.29) is 11.9 Å². The molecule has 0 bridgehead atoms. The maximum Gasteiger partial charge on any atom is 0.244 e. The molecule has 0 aliphatic carbocycles. The van der Waals surface area contributed by atoms with Crippen molar-refractivity contribution < 1.29 is 13.2 Å². The van der Waals surface area contributed by atoms with Crippen LogP contribution in [0.15, 0.2) is 48.5 Å². The van der Waals surface area contributed by atoms with Crippen LogP contribution in [0.1, 0.15) is 43.0 Å². The van der Waals surface area contributed by atoms with Gasteiger partial charge in [-0.15, -0.1) is 0 Å². The minimum absolute atomic E-state index is 0.219. The van der Waals surface area contributed by atoms with Crippen LogP contribution in [-0.2, 0) is 14.8 Å². The van der Waals surface area contributed by atoms with Gasteiger partial charge in [0, 0.05) is 0 Å². The second-order valence-electron chi connectivity index (χ2n) is 6.89. The molecule has 6 heteroatoms. The van der Waals surface area contributed by atoms with E-state index >= 15 is 0 Å². The summed E-state index contributed by atoms with van der Waals surface area (Å²) in [4.78, 5) is 13.0. The monoisotopic (exact) mass is 388 g/mol. The van der Waals surface area contributed by atoms with Crippen molar-refractivity contribution in [1.82, 2.24) is 5.32 Å². The molecule has 0 aliphatic rings. The number of nitrogens with zero attached hydrogens (tertiary/aromatic N) is 1. The van der Waals surface area contributed by atoms with E-state index in [0.29, 0.717) is 12.1 Å². The van der Waals surface area contributed by atoms with E-state index in [1.807, 2.05) is 52.0 Å². The van der Waals surface area contributed by atoms with Gasteiger partial charge in [0.25, 0.3) is 0 Å². The molecule has 5 nitrogen and oxygen atoms in total. The Morgan fingerprint density at radius 1 is 1.07 bits per heavy atom. The molecular weight excluding hydrogens is 360 g/mol. The van der Waals surface area contributed by atoms with Gasteiger partial charge in [0.2, 0.25) is 15.9 Å². The molecule has 2 rings (SSSR count). The zero-order valence-corrected chi connectivity index (χ0v) is 17.4. The Balaban J connectivity index is 2.28. The fourth-order valence-corrected chi connectivity index (χ4v) is 4.27.